The van der Waals surface area contributed by atoms with Gasteiger partial charge in [0, 0.05) is 30.6 Å². The second-order valence-electron chi connectivity index (χ2n) is 9.70. The summed E-state index contributed by atoms with van der Waals surface area (Å²) in [4.78, 5) is 18.6. The lowest BCUT2D eigenvalue weighted by molar-refractivity contribution is -0.136. The highest BCUT2D eigenvalue weighted by Gasteiger charge is 2.33. The average Bonchev–Trinajstić information content (AvgIpc) is 3.30. The molecular weight excluding hydrogens is 464 g/mol. The Hall–Kier alpha value is -2.39. The first-order valence-electron chi connectivity index (χ1n) is 12.0. The Balaban J connectivity index is 1.68. The van der Waals surface area contributed by atoms with Crippen LogP contribution < -0.4 is 9.47 Å². The van der Waals surface area contributed by atoms with Crippen LogP contribution in [0.5, 0.6) is 11.5 Å². The van der Waals surface area contributed by atoms with Crippen molar-refractivity contribution in [2.45, 2.75) is 44.9 Å². The molecule has 0 fully saturated rings. The summed E-state index contributed by atoms with van der Waals surface area (Å²) < 4.78 is 17.1. The molecule has 3 rings (SSSR count). The highest BCUT2D eigenvalue weighted by atomic mass is 32.1. The molecule has 1 aromatic carbocycles. The van der Waals surface area contributed by atoms with Gasteiger partial charge in [-0.1, -0.05) is 12.1 Å². The van der Waals surface area contributed by atoms with E-state index in [9.17, 15) is 9.90 Å². The molecule has 0 saturated heterocycles. The molecule has 1 amide bonds. The second-order valence-corrected chi connectivity index (χ2v) is 10.7. The van der Waals surface area contributed by atoms with Gasteiger partial charge in [0.15, 0.2) is 0 Å². The minimum atomic E-state index is -0.695. The largest absolute Gasteiger partial charge is 0.497 e. The smallest absolute Gasteiger partial charge is 0.237 e. The van der Waals surface area contributed by atoms with Crippen LogP contribution in [0.25, 0.3) is 0 Å². The zero-order chi connectivity index (χ0) is 25.4. The quantitative estimate of drug-likeness (QED) is 0.444. The molecule has 1 aliphatic heterocycles. The van der Waals surface area contributed by atoms with E-state index in [1.54, 1.807) is 24.5 Å². The number of carbonyl (C=O) groups is 1. The Bertz CT molecular complexity index is 970. The van der Waals surface area contributed by atoms with Crippen LogP contribution in [0.15, 0.2) is 48.4 Å². The van der Waals surface area contributed by atoms with Crippen molar-refractivity contribution in [1.29, 1.82) is 0 Å². The molecule has 2 aromatic rings. The van der Waals surface area contributed by atoms with E-state index in [2.05, 4.69) is 18.0 Å². The van der Waals surface area contributed by atoms with Crippen LogP contribution in [0.4, 0.5) is 0 Å². The number of methoxy groups -OCH3 is 1. The number of nitrogens with zero attached hydrogens (tertiary/aromatic N) is 2. The zero-order valence-electron chi connectivity index (χ0n) is 21.2. The molecule has 2 heterocycles. The third-order valence-corrected chi connectivity index (χ3v) is 6.78. The van der Waals surface area contributed by atoms with Crippen LogP contribution in [0.2, 0.25) is 0 Å². The summed E-state index contributed by atoms with van der Waals surface area (Å²) >= 11 is 1.72. The highest BCUT2D eigenvalue weighted by molar-refractivity contribution is 7.10. The number of rotatable bonds is 12. The molecule has 8 heteroatoms. The van der Waals surface area contributed by atoms with Gasteiger partial charge in [0.25, 0.3) is 0 Å². The number of benzene rings is 1. The van der Waals surface area contributed by atoms with Crippen molar-refractivity contribution in [2.75, 3.05) is 46.5 Å². The van der Waals surface area contributed by atoms with Gasteiger partial charge in [-0.05, 0) is 56.3 Å². The van der Waals surface area contributed by atoms with E-state index in [-0.39, 0.29) is 30.7 Å². The van der Waals surface area contributed by atoms with E-state index < -0.39 is 6.10 Å². The predicted octanol–water partition coefficient (Wildman–Crippen LogP) is 3.93. The predicted molar refractivity (Wildman–Crippen MR) is 139 cm³/mol. The minimum Gasteiger partial charge on any atom is -0.497 e. The van der Waals surface area contributed by atoms with E-state index >= 15 is 0 Å². The summed E-state index contributed by atoms with van der Waals surface area (Å²) in [5, 5.41) is 12.6. The fourth-order valence-electron chi connectivity index (χ4n) is 4.11. The van der Waals surface area contributed by atoms with Crippen LogP contribution >= 0.6 is 11.3 Å². The highest BCUT2D eigenvalue weighted by Crippen LogP contribution is 2.34. The van der Waals surface area contributed by atoms with E-state index in [1.165, 1.54) is 4.88 Å². The molecule has 0 saturated carbocycles. The number of aliphatic hydroxyl groups excluding tert-OH is 1. The molecule has 1 aromatic heterocycles. The molecule has 0 aliphatic carbocycles. The molecule has 0 unspecified atom stereocenters. The number of ether oxygens (including phenoxy) is 3. The van der Waals surface area contributed by atoms with E-state index in [1.807, 2.05) is 54.8 Å². The van der Waals surface area contributed by atoms with Crippen LogP contribution in [0.3, 0.4) is 0 Å². The summed E-state index contributed by atoms with van der Waals surface area (Å²) in [6, 6.07) is 9.40. The third kappa shape index (κ3) is 8.07. The fourth-order valence-corrected chi connectivity index (χ4v) is 5.03. The van der Waals surface area contributed by atoms with Crippen molar-refractivity contribution in [3.63, 3.8) is 0 Å². The maximum atomic E-state index is 13.5. The topological polar surface area (TPSA) is 71.5 Å². The van der Waals surface area contributed by atoms with E-state index in [0.29, 0.717) is 32.0 Å². The Morgan fingerprint density at radius 3 is 2.83 bits per heavy atom. The maximum absolute atomic E-state index is 13.5. The molecule has 0 bridgehead atoms. The maximum Gasteiger partial charge on any atom is 0.237 e. The van der Waals surface area contributed by atoms with E-state index in [0.717, 1.165) is 17.7 Å². The standard InChI is InChI=1S/C27H38N2O5S/c1-6-12-28(16-20(30)18-34-27(2,3)4)17-26(31)29-13-10-25-23(11-14-35-25)24(29)19-33-22-9-7-8-21(15-22)32-5/h6-9,11,14-15,20,24,30H,1,10,12-13,16-19H2,2-5H3/t20-,24+/m0/s1. The van der Waals surface area contributed by atoms with Crippen molar-refractivity contribution >= 4 is 17.2 Å². The summed E-state index contributed by atoms with van der Waals surface area (Å²) in [6.45, 7) is 11.9. The van der Waals surface area contributed by atoms with Crippen molar-refractivity contribution in [2.24, 2.45) is 0 Å². The molecule has 2 atom stereocenters. The molecule has 192 valence electrons. The monoisotopic (exact) mass is 502 g/mol. The van der Waals surface area contributed by atoms with Crippen LogP contribution in [0, 0.1) is 0 Å². The first-order valence-corrected chi connectivity index (χ1v) is 12.9. The molecule has 1 N–H and O–H groups in total. The number of thiophene rings is 1. The van der Waals surface area contributed by atoms with Crippen molar-refractivity contribution in [3.05, 3.63) is 58.8 Å². The molecule has 1 aliphatic rings. The lowest BCUT2D eigenvalue weighted by Crippen LogP contribution is -2.48. The number of hydrogen-bond acceptors (Lipinski definition) is 7. The summed E-state index contributed by atoms with van der Waals surface area (Å²) in [6.07, 6.45) is 1.89. The SMILES string of the molecule is C=CCN(CC(=O)N1CCc2sccc2[C@H]1COc1cccc(OC)c1)C[C@H](O)COC(C)(C)C. The van der Waals surface area contributed by atoms with Gasteiger partial charge in [-0.2, -0.15) is 0 Å². The van der Waals surface area contributed by atoms with Gasteiger partial charge in [0.05, 0.1) is 38.0 Å². The Morgan fingerprint density at radius 1 is 1.34 bits per heavy atom. The molecular formula is C27H38N2O5S. The number of aliphatic hydroxyl groups is 1. The molecule has 35 heavy (non-hydrogen) atoms. The third-order valence-electron chi connectivity index (χ3n) is 5.79. The van der Waals surface area contributed by atoms with Gasteiger partial charge in [-0.3, -0.25) is 9.69 Å². The number of carbonyl (C=O) groups excluding carboxylic acids is 1. The van der Waals surface area contributed by atoms with E-state index in [4.69, 9.17) is 14.2 Å². The van der Waals surface area contributed by atoms with Gasteiger partial charge >= 0.3 is 0 Å². The first kappa shape index (κ1) is 27.2. The average molecular weight is 503 g/mol. The van der Waals surface area contributed by atoms with Gasteiger partial charge in [-0.15, -0.1) is 17.9 Å². The van der Waals surface area contributed by atoms with Gasteiger partial charge in [0.1, 0.15) is 18.1 Å². The first-order chi connectivity index (χ1) is 16.7. The zero-order valence-corrected chi connectivity index (χ0v) is 22.1. The fraction of sp³-hybridized carbons (Fsp3) is 0.519. The summed E-state index contributed by atoms with van der Waals surface area (Å²) in [5.74, 6) is 1.44. The van der Waals surface area contributed by atoms with Crippen LogP contribution in [-0.2, 0) is 16.0 Å². The molecule has 0 spiro atoms. The van der Waals surface area contributed by atoms with Crippen molar-refractivity contribution < 1.29 is 24.1 Å². The molecule has 0 radical (unpaired) electrons. The Labute approximate surface area is 212 Å². The number of amides is 1. The van der Waals surface area contributed by atoms with Gasteiger partial charge in [0.2, 0.25) is 5.91 Å². The van der Waals surface area contributed by atoms with Crippen molar-refractivity contribution in [1.82, 2.24) is 9.80 Å². The lowest BCUT2D eigenvalue weighted by Gasteiger charge is -2.37. The lowest BCUT2D eigenvalue weighted by atomic mass is 10.0. The van der Waals surface area contributed by atoms with Crippen molar-refractivity contribution in [3.8, 4) is 11.5 Å². The Kier molecular flexibility index (Phi) is 9.74. The summed E-state index contributed by atoms with van der Waals surface area (Å²) in [7, 11) is 1.62. The Morgan fingerprint density at radius 2 is 2.11 bits per heavy atom. The van der Waals surface area contributed by atoms with Crippen LogP contribution in [0.1, 0.15) is 37.3 Å². The second kappa shape index (κ2) is 12.5. The minimum absolute atomic E-state index is 0.00637. The van der Waals surface area contributed by atoms with Crippen LogP contribution in [-0.4, -0.2) is 79.0 Å². The number of fused-ring (bicyclic) bond motifs is 1. The number of hydrogen-bond donors (Lipinski definition) is 1. The molecule has 7 nitrogen and oxygen atoms in total. The van der Waals surface area contributed by atoms with Gasteiger partial charge in [-0.25, -0.2) is 0 Å². The van der Waals surface area contributed by atoms with Gasteiger partial charge < -0.3 is 24.2 Å². The summed E-state index contributed by atoms with van der Waals surface area (Å²) in [5.41, 5.74) is 0.814. The normalized spacial score (nSPS) is 16.6.